The Hall–Kier alpha value is -0.883. The molecule has 0 spiro atoms. The van der Waals surface area contributed by atoms with Gasteiger partial charge in [-0.2, -0.15) is 0 Å². The van der Waals surface area contributed by atoms with Gasteiger partial charge in [-0.25, -0.2) is 0 Å². The molecule has 0 aliphatic heterocycles. The summed E-state index contributed by atoms with van der Waals surface area (Å²) in [6, 6.07) is 0. The van der Waals surface area contributed by atoms with Crippen LogP contribution in [-0.2, 0) is 18.4 Å². The van der Waals surface area contributed by atoms with E-state index in [1.54, 1.807) is 0 Å². The van der Waals surface area contributed by atoms with E-state index in [4.69, 9.17) is 8.85 Å². The molecule has 0 heterocycles. The molecule has 76 valence electrons. The van der Waals surface area contributed by atoms with Crippen LogP contribution >= 0.6 is 0 Å². The van der Waals surface area contributed by atoms with Crippen LogP contribution in [0.25, 0.3) is 0 Å². The van der Waals surface area contributed by atoms with E-state index in [2.05, 4.69) is 0 Å². The van der Waals surface area contributed by atoms with Crippen molar-refractivity contribution < 1.29 is 23.5 Å². The number of carbonyl (C=O) groups is 2. The molecular weight excluding hydrogens is 192 g/mol. The molecular formula is C7H14O5Si. The lowest BCUT2D eigenvalue weighted by Crippen LogP contribution is -2.51. The van der Waals surface area contributed by atoms with Gasteiger partial charge in [0.2, 0.25) is 0 Å². The Morgan fingerprint density at radius 3 is 1.69 bits per heavy atom. The van der Waals surface area contributed by atoms with E-state index in [-0.39, 0.29) is 0 Å². The number of aliphatic hydroxyl groups is 1. The van der Waals surface area contributed by atoms with Crippen molar-refractivity contribution in [2.24, 2.45) is 0 Å². The minimum absolute atomic E-state index is 0.559. The van der Waals surface area contributed by atoms with E-state index in [1.807, 2.05) is 0 Å². The number of hydrogen-bond donors (Lipinski definition) is 1. The Balaban J connectivity index is 4.52. The van der Waals surface area contributed by atoms with Crippen molar-refractivity contribution in [2.75, 3.05) is 0 Å². The second-order valence-electron chi connectivity index (χ2n) is 2.88. The summed E-state index contributed by atoms with van der Waals surface area (Å²) in [6.45, 7) is 5.30. The van der Waals surface area contributed by atoms with Crippen molar-refractivity contribution >= 4 is 20.5 Å². The van der Waals surface area contributed by atoms with E-state index in [0.29, 0.717) is 0 Å². The first-order valence-corrected chi connectivity index (χ1v) is 6.24. The van der Waals surface area contributed by atoms with E-state index >= 15 is 0 Å². The van der Waals surface area contributed by atoms with Crippen molar-refractivity contribution in [1.82, 2.24) is 0 Å². The van der Waals surface area contributed by atoms with Crippen molar-refractivity contribution in [3.63, 3.8) is 0 Å². The Kier molecular flexibility index (Phi) is 4.08. The van der Waals surface area contributed by atoms with Gasteiger partial charge in [0.25, 0.3) is 11.9 Å². The molecule has 6 heteroatoms. The zero-order valence-electron chi connectivity index (χ0n) is 8.16. The molecule has 0 radical (unpaired) electrons. The van der Waals surface area contributed by atoms with Gasteiger partial charge in [0.1, 0.15) is 5.73 Å². The average Bonchev–Trinajstić information content (AvgIpc) is 1.82. The second kappa shape index (κ2) is 4.38. The first kappa shape index (κ1) is 12.1. The van der Waals surface area contributed by atoms with Crippen LogP contribution < -0.4 is 0 Å². The van der Waals surface area contributed by atoms with Crippen molar-refractivity contribution in [2.45, 2.75) is 33.0 Å². The molecule has 0 aliphatic rings. The van der Waals surface area contributed by atoms with Crippen molar-refractivity contribution in [3.05, 3.63) is 0 Å². The highest BCUT2D eigenvalue weighted by atomic mass is 28.4. The molecule has 0 aromatic heterocycles. The van der Waals surface area contributed by atoms with Crippen molar-refractivity contribution in [1.29, 1.82) is 0 Å². The van der Waals surface area contributed by atoms with Crippen LogP contribution in [0.2, 0.25) is 6.55 Å². The standard InChI is InChI=1S/C7H14O5Si/c1-5(8)11-13(4,7(3)10)12-6(2)9/h7,10H,1-4H3. The van der Waals surface area contributed by atoms with Crippen LogP contribution in [0.5, 0.6) is 0 Å². The molecule has 0 amide bonds. The highest BCUT2D eigenvalue weighted by Crippen LogP contribution is 2.12. The first-order valence-electron chi connectivity index (χ1n) is 3.85. The third kappa shape index (κ3) is 4.04. The monoisotopic (exact) mass is 206 g/mol. The molecule has 0 aromatic rings. The number of rotatable bonds is 3. The molecule has 0 bridgehead atoms. The summed E-state index contributed by atoms with van der Waals surface area (Å²) in [5.74, 6) is -1.12. The van der Waals surface area contributed by atoms with Crippen molar-refractivity contribution in [3.8, 4) is 0 Å². The van der Waals surface area contributed by atoms with E-state index in [9.17, 15) is 14.7 Å². The lowest BCUT2D eigenvalue weighted by molar-refractivity contribution is -0.140. The zero-order chi connectivity index (χ0) is 10.6. The minimum Gasteiger partial charge on any atom is -0.484 e. The molecule has 0 saturated carbocycles. The molecule has 0 aromatic carbocycles. The predicted molar refractivity (Wildman–Crippen MR) is 46.8 cm³/mol. The highest BCUT2D eigenvalue weighted by Gasteiger charge is 2.44. The predicted octanol–water partition coefficient (Wildman–Crippen LogP) is 0.105. The van der Waals surface area contributed by atoms with Crippen LogP contribution in [-0.4, -0.2) is 31.3 Å². The van der Waals surface area contributed by atoms with Gasteiger partial charge < -0.3 is 14.0 Å². The summed E-state index contributed by atoms with van der Waals surface area (Å²) in [7, 11) is -3.10. The molecule has 0 saturated heterocycles. The van der Waals surface area contributed by atoms with Gasteiger partial charge in [0.15, 0.2) is 0 Å². The molecule has 5 nitrogen and oxygen atoms in total. The van der Waals surface area contributed by atoms with Gasteiger partial charge in [0, 0.05) is 20.4 Å². The number of hydrogen-bond acceptors (Lipinski definition) is 5. The quantitative estimate of drug-likeness (QED) is 0.663. The van der Waals surface area contributed by atoms with E-state index in [1.165, 1.54) is 27.3 Å². The third-order valence-corrected chi connectivity index (χ3v) is 4.35. The maximum absolute atomic E-state index is 10.7. The second-order valence-corrected chi connectivity index (χ2v) is 6.15. The summed E-state index contributed by atoms with van der Waals surface area (Å²) in [6.07, 6.45) is 0. The highest BCUT2D eigenvalue weighted by molar-refractivity contribution is 6.70. The Labute approximate surface area is 77.9 Å². The molecule has 1 atom stereocenters. The Morgan fingerprint density at radius 2 is 1.54 bits per heavy atom. The van der Waals surface area contributed by atoms with Gasteiger partial charge in [-0.15, -0.1) is 0 Å². The van der Waals surface area contributed by atoms with Crippen LogP contribution in [0.4, 0.5) is 0 Å². The number of carbonyl (C=O) groups excluding carboxylic acids is 2. The van der Waals surface area contributed by atoms with Gasteiger partial charge in [-0.1, -0.05) is 0 Å². The largest absolute Gasteiger partial charge is 0.490 e. The van der Waals surface area contributed by atoms with Gasteiger partial charge in [0.05, 0.1) is 0 Å². The summed E-state index contributed by atoms with van der Waals surface area (Å²) in [5, 5.41) is 9.28. The minimum atomic E-state index is -3.10. The summed E-state index contributed by atoms with van der Waals surface area (Å²) in [4.78, 5) is 21.3. The Bertz CT molecular complexity index is 197. The molecule has 0 rings (SSSR count). The lowest BCUT2D eigenvalue weighted by Gasteiger charge is -2.26. The van der Waals surface area contributed by atoms with Crippen LogP contribution in [0, 0.1) is 0 Å². The third-order valence-electron chi connectivity index (χ3n) is 1.45. The maximum Gasteiger partial charge on any atom is 0.490 e. The maximum atomic E-state index is 10.7. The summed E-state index contributed by atoms with van der Waals surface area (Å²) >= 11 is 0. The summed E-state index contributed by atoms with van der Waals surface area (Å²) in [5.41, 5.74) is -0.944. The SMILES string of the molecule is CC(=O)O[Si](C)(OC(C)=O)C(C)O. The van der Waals surface area contributed by atoms with Gasteiger partial charge in [-0.3, -0.25) is 9.59 Å². The summed E-state index contributed by atoms with van der Waals surface area (Å²) < 4.78 is 9.63. The average molecular weight is 206 g/mol. The number of aliphatic hydroxyl groups excluding tert-OH is 1. The van der Waals surface area contributed by atoms with Crippen LogP contribution in [0.15, 0.2) is 0 Å². The molecule has 1 N–H and O–H groups in total. The molecule has 13 heavy (non-hydrogen) atoms. The Morgan fingerprint density at radius 1 is 1.23 bits per heavy atom. The normalized spacial score (nSPS) is 13.3. The first-order chi connectivity index (χ1) is 5.78. The van der Waals surface area contributed by atoms with Gasteiger partial charge in [-0.05, 0) is 6.92 Å². The van der Waals surface area contributed by atoms with Crippen LogP contribution in [0.3, 0.4) is 0 Å². The van der Waals surface area contributed by atoms with E-state index < -0.39 is 26.2 Å². The van der Waals surface area contributed by atoms with E-state index in [0.717, 1.165) is 0 Å². The fourth-order valence-electron chi connectivity index (χ4n) is 0.762. The molecule has 0 fully saturated rings. The fourth-order valence-corrected chi connectivity index (χ4v) is 2.29. The van der Waals surface area contributed by atoms with Crippen LogP contribution in [0.1, 0.15) is 20.8 Å². The lowest BCUT2D eigenvalue weighted by atomic mass is 10.8. The topological polar surface area (TPSA) is 72.8 Å². The smallest absolute Gasteiger partial charge is 0.484 e. The zero-order valence-corrected chi connectivity index (χ0v) is 9.16. The molecule has 1 unspecified atom stereocenters. The fraction of sp³-hybridized carbons (Fsp3) is 0.714. The molecule has 0 aliphatic carbocycles. The van der Waals surface area contributed by atoms with Gasteiger partial charge >= 0.3 is 8.56 Å².